The van der Waals surface area contributed by atoms with Gasteiger partial charge in [-0.05, 0) is 45.4 Å². The molecule has 3 nitrogen and oxygen atoms in total. The Morgan fingerprint density at radius 3 is 2.57 bits per heavy atom. The van der Waals surface area contributed by atoms with Gasteiger partial charge in [-0.2, -0.15) is 0 Å². The predicted octanol–water partition coefficient (Wildman–Crippen LogP) is 0.833. The van der Waals surface area contributed by atoms with Gasteiger partial charge in [-0.3, -0.25) is 0 Å². The van der Waals surface area contributed by atoms with Crippen LogP contribution in [0.4, 0.5) is 0 Å². The summed E-state index contributed by atoms with van der Waals surface area (Å²) in [6, 6.07) is 0.293. The maximum atomic E-state index is 9.11. The quantitative estimate of drug-likeness (QED) is 0.667. The largest absolute Gasteiger partial charge is 0.395 e. The van der Waals surface area contributed by atoms with Gasteiger partial charge < -0.3 is 15.3 Å². The van der Waals surface area contributed by atoms with Crippen molar-refractivity contribution in [3.63, 3.8) is 0 Å². The summed E-state index contributed by atoms with van der Waals surface area (Å²) < 4.78 is 0. The Bertz CT molecular complexity index is 130. The Labute approximate surface area is 87.5 Å². The predicted molar refractivity (Wildman–Crippen MR) is 59.5 cm³/mol. The Kier molecular flexibility index (Phi) is 6.15. The highest BCUT2D eigenvalue weighted by molar-refractivity contribution is 4.70. The summed E-state index contributed by atoms with van der Waals surface area (Å²) in [4.78, 5) is 2.52. The Hall–Kier alpha value is -0.120. The first-order valence-corrected chi connectivity index (χ1v) is 5.93. The number of hydrogen-bond donors (Lipinski definition) is 2. The van der Waals surface area contributed by atoms with Gasteiger partial charge in [-0.1, -0.05) is 13.3 Å². The van der Waals surface area contributed by atoms with Crippen LogP contribution in [0.25, 0.3) is 0 Å². The first kappa shape index (κ1) is 12.0. The summed E-state index contributed by atoms with van der Waals surface area (Å²) in [5.41, 5.74) is 0. The second-order valence-electron chi connectivity index (χ2n) is 4.13. The van der Waals surface area contributed by atoms with Crippen LogP contribution >= 0.6 is 0 Å². The van der Waals surface area contributed by atoms with Gasteiger partial charge in [0.1, 0.15) is 0 Å². The van der Waals surface area contributed by atoms with Crippen molar-refractivity contribution in [3.8, 4) is 0 Å². The van der Waals surface area contributed by atoms with Crippen molar-refractivity contribution < 1.29 is 5.11 Å². The summed E-state index contributed by atoms with van der Waals surface area (Å²) in [7, 11) is 0. The molecule has 0 bridgehead atoms. The average molecular weight is 200 g/mol. The Morgan fingerprint density at radius 2 is 2.00 bits per heavy atom. The third kappa shape index (κ3) is 4.40. The zero-order valence-corrected chi connectivity index (χ0v) is 9.34. The minimum Gasteiger partial charge on any atom is -0.395 e. The lowest BCUT2D eigenvalue weighted by atomic mass is 10.1. The van der Waals surface area contributed by atoms with Crippen LogP contribution < -0.4 is 5.32 Å². The molecule has 1 rings (SSSR count). The van der Waals surface area contributed by atoms with Crippen LogP contribution in [-0.4, -0.2) is 48.8 Å². The topological polar surface area (TPSA) is 35.5 Å². The highest BCUT2D eigenvalue weighted by atomic mass is 16.3. The fourth-order valence-electron chi connectivity index (χ4n) is 2.07. The molecule has 1 heterocycles. The van der Waals surface area contributed by atoms with Crippen molar-refractivity contribution in [2.24, 2.45) is 0 Å². The zero-order chi connectivity index (χ0) is 10.2. The van der Waals surface area contributed by atoms with Gasteiger partial charge in [0.2, 0.25) is 0 Å². The van der Waals surface area contributed by atoms with Crippen LogP contribution in [0.2, 0.25) is 0 Å². The van der Waals surface area contributed by atoms with Gasteiger partial charge in [0.15, 0.2) is 0 Å². The van der Waals surface area contributed by atoms with Crippen molar-refractivity contribution in [1.82, 2.24) is 10.2 Å². The lowest BCUT2D eigenvalue weighted by Crippen LogP contribution is -2.38. The Morgan fingerprint density at radius 1 is 1.29 bits per heavy atom. The molecule has 3 heteroatoms. The fraction of sp³-hybridized carbons (Fsp3) is 1.00. The minimum absolute atomic E-state index is 0.266. The van der Waals surface area contributed by atoms with Crippen LogP contribution in [0.5, 0.6) is 0 Å². The molecular weight excluding hydrogens is 176 g/mol. The number of aliphatic hydroxyl groups is 1. The van der Waals surface area contributed by atoms with Crippen LogP contribution in [0.15, 0.2) is 0 Å². The smallest absolute Gasteiger partial charge is 0.0585 e. The number of hydrogen-bond acceptors (Lipinski definition) is 3. The summed E-state index contributed by atoms with van der Waals surface area (Å²) in [6.07, 6.45) is 5.17. The van der Waals surface area contributed by atoms with E-state index in [2.05, 4.69) is 17.1 Å². The van der Waals surface area contributed by atoms with E-state index in [0.29, 0.717) is 6.04 Å². The number of nitrogens with zero attached hydrogens (tertiary/aromatic N) is 1. The molecule has 0 aromatic rings. The highest BCUT2D eigenvalue weighted by Gasteiger charge is 2.12. The first-order chi connectivity index (χ1) is 6.86. The SMILES string of the molecule is CCNC(CO)CCN1CCCCC1. The summed E-state index contributed by atoms with van der Waals surface area (Å²) >= 11 is 0. The molecule has 1 fully saturated rings. The van der Waals surface area contributed by atoms with E-state index in [0.717, 1.165) is 19.5 Å². The van der Waals surface area contributed by atoms with Crippen molar-refractivity contribution in [2.75, 3.05) is 32.8 Å². The minimum atomic E-state index is 0.266. The first-order valence-electron chi connectivity index (χ1n) is 5.93. The van der Waals surface area contributed by atoms with Crippen LogP contribution in [0, 0.1) is 0 Å². The lowest BCUT2D eigenvalue weighted by molar-refractivity contribution is 0.189. The maximum absolute atomic E-state index is 9.11. The summed E-state index contributed by atoms with van der Waals surface area (Å²) in [5, 5.41) is 12.4. The third-order valence-corrected chi connectivity index (χ3v) is 2.96. The van der Waals surface area contributed by atoms with Gasteiger partial charge in [0, 0.05) is 6.04 Å². The molecule has 84 valence electrons. The van der Waals surface area contributed by atoms with Crippen molar-refractivity contribution in [2.45, 2.75) is 38.6 Å². The fourth-order valence-corrected chi connectivity index (χ4v) is 2.07. The molecule has 0 aliphatic carbocycles. The number of likely N-dealkylation sites (N-methyl/N-ethyl adjacent to an activating group) is 1. The molecule has 1 unspecified atom stereocenters. The molecule has 0 spiro atoms. The zero-order valence-electron chi connectivity index (χ0n) is 9.34. The summed E-state index contributed by atoms with van der Waals surface area (Å²) in [5.74, 6) is 0. The number of aliphatic hydroxyl groups excluding tert-OH is 1. The molecular formula is C11H24N2O. The van der Waals surface area contributed by atoms with E-state index in [1.807, 2.05) is 0 Å². The molecule has 14 heavy (non-hydrogen) atoms. The van der Waals surface area contributed by atoms with E-state index in [4.69, 9.17) is 5.11 Å². The monoisotopic (exact) mass is 200 g/mol. The molecule has 1 atom stereocenters. The van der Waals surface area contributed by atoms with Crippen LogP contribution in [0.1, 0.15) is 32.6 Å². The van der Waals surface area contributed by atoms with Crippen molar-refractivity contribution in [3.05, 3.63) is 0 Å². The second-order valence-corrected chi connectivity index (χ2v) is 4.13. The average Bonchev–Trinajstić information content (AvgIpc) is 2.25. The number of nitrogens with one attached hydrogen (secondary N) is 1. The molecule has 0 radical (unpaired) electrons. The van der Waals surface area contributed by atoms with Crippen molar-refractivity contribution in [1.29, 1.82) is 0 Å². The normalized spacial score (nSPS) is 21.0. The van der Waals surface area contributed by atoms with E-state index in [1.165, 1.54) is 32.4 Å². The molecule has 0 saturated carbocycles. The standard InChI is InChI=1S/C11H24N2O/c1-2-12-11(10-14)6-9-13-7-4-3-5-8-13/h11-12,14H,2-10H2,1H3. The van der Waals surface area contributed by atoms with Gasteiger partial charge >= 0.3 is 0 Å². The van der Waals surface area contributed by atoms with E-state index >= 15 is 0 Å². The highest BCUT2D eigenvalue weighted by Crippen LogP contribution is 2.09. The van der Waals surface area contributed by atoms with Gasteiger partial charge in [0.05, 0.1) is 6.61 Å². The van der Waals surface area contributed by atoms with E-state index in [-0.39, 0.29) is 6.61 Å². The van der Waals surface area contributed by atoms with Crippen molar-refractivity contribution >= 4 is 0 Å². The third-order valence-electron chi connectivity index (χ3n) is 2.96. The molecule has 2 N–H and O–H groups in total. The molecule has 0 amide bonds. The molecule has 0 aromatic carbocycles. The second kappa shape index (κ2) is 7.21. The number of piperidine rings is 1. The molecule has 1 saturated heterocycles. The number of likely N-dealkylation sites (tertiary alicyclic amines) is 1. The number of rotatable bonds is 6. The Balaban J connectivity index is 2.10. The summed E-state index contributed by atoms with van der Waals surface area (Å²) in [6.45, 7) is 6.95. The van der Waals surface area contributed by atoms with Crippen LogP contribution in [0.3, 0.4) is 0 Å². The molecule has 0 aromatic heterocycles. The van der Waals surface area contributed by atoms with E-state index in [1.54, 1.807) is 0 Å². The maximum Gasteiger partial charge on any atom is 0.0585 e. The van der Waals surface area contributed by atoms with Gasteiger partial charge in [-0.25, -0.2) is 0 Å². The van der Waals surface area contributed by atoms with Crippen LogP contribution in [-0.2, 0) is 0 Å². The lowest BCUT2D eigenvalue weighted by Gasteiger charge is -2.28. The van der Waals surface area contributed by atoms with Gasteiger partial charge in [0.25, 0.3) is 0 Å². The van der Waals surface area contributed by atoms with E-state index in [9.17, 15) is 0 Å². The van der Waals surface area contributed by atoms with E-state index < -0.39 is 0 Å². The molecule has 1 aliphatic heterocycles. The molecule has 1 aliphatic rings. The van der Waals surface area contributed by atoms with Gasteiger partial charge in [-0.15, -0.1) is 0 Å².